The molecule has 16 aromatic rings. The molecular formula is C70H42N2O4. The zero-order chi connectivity index (χ0) is 49.8. The predicted octanol–water partition coefficient (Wildman–Crippen LogP) is 20.7. The second-order valence-electron chi connectivity index (χ2n) is 19.5. The molecule has 12 aromatic carbocycles. The lowest BCUT2D eigenvalue weighted by Crippen LogP contribution is -2.11. The molecule has 0 radical (unpaired) electrons. The van der Waals surface area contributed by atoms with Gasteiger partial charge in [-0.15, -0.1) is 0 Å². The van der Waals surface area contributed by atoms with Crippen LogP contribution in [0.25, 0.3) is 121 Å². The van der Waals surface area contributed by atoms with Gasteiger partial charge in [-0.2, -0.15) is 0 Å². The number of anilines is 6. The maximum absolute atomic E-state index is 7.23. The average molecular weight is 975 g/mol. The van der Waals surface area contributed by atoms with E-state index in [0.717, 1.165) is 155 Å². The minimum absolute atomic E-state index is 0.765. The summed E-state index contributed by atoms with van der Waals surface area (Å²) in [7, 11) is 0. The number of rotatable bonds is 8. The molecule has 0 N–H and O–H groups in total. The maximum Gasteiger partial charge on any atom is 0.160 e. The lowest BCUT2D eigenvalue weighted by molar-refractivity contribution is 0.668. The number of benzene rings is 12. The van der Waals surface area contributed by atoms with E-state index in [1.165, 1.54) is 0 Å². The Labute approximate surface area is 435 Å². The van der Waals surface area contributed by atoms with Crippen LogP contribution >= 0.6 is 0 Å². The Morgan fingerprint density at radius 3 is 0.934 bits per heavy atom. The van der Waals surface area contributed by atoms with Crippen LogP contribution in [0, 0.1) is 0 Å². The van der Waals surface area contributed by atoms with Crippen LogP contribution in [0.4, 0.5) is 34.1 Å². The van der Waals surface area contributed by atoms with E-state index in [2.05, 4.69) is 228 Å². The summed E-state index contributed by atoms with van der Waals surface area (Å²) < 4.78 is 27.3. The van der Waals surface area contributed by atoms with Gasteiger partial charge >= 0.3 is 0 Å². The van der Waals surface area contributed by atoms with Crippen LogP contribution in [0.1, 0.15) is 0 Å². The van der Waals surface area contributed by atoms with Crippen molar-refractivity contribution in [1.29, 1.82) is 0 Å². The highest BCUT2D eigenvalue weighted by Crippen LogP contribution is 2.53. The predicted molar refractivity (Wildman–Crippen MR) is 313 cm³/mol. The fourth-order valence-electron chi connectivity index (χ4n) is 11.7. The quantitative estimate of drug-likeness (QED) is 0.151. The molecule has 0 fully saturated rings. The molecule has 356 valence electrons. The molecule has 6 heteroatoms. The minimum Gasteiger partial charge on any atom is -0.456 e. The van der Waals surface area contributed by atoms with E-state index in [1.807, 2.05) is 36.4 Å². The van der Waals surface area contributed by atoms with Crippen LogP contribution in [-0.4, -0.2) is 0 Å². The highest BCUT2D eigenvalue weighted by atomic mass is 16.3. The van der Waals surface area contributed by atoms with Crippen molar-refractivity contribution in [3.05, 3.63) is 255 Å². The molecule has 0 atom stereocenters. The van der Waals surface area contributed by atoms with Crippen LogP contribution in [0.2, 0.25) is 0 Å². The molecule has 0 aliphatic rings. The van der Waals surface area contributed by atoms with Gasteiger partial charge in [-0.05, 0) is 130 Å². The van der Waals surface area contributed by atoms with Crippen molar-refractivity contribution in [3.8, 4) is 22.3 Å². The molecule has 0 saturated heterocycles. The lowest BCUT2D eigenvalue weighted by atomic mass is 9.96. The van der Waals surface area contributed by atoms with Gasteiger partial charge in [-0.3, -0.25) is 0 Å². The van der Waals surface area contributed by atoms with E-state index in [1.54, 1.807) is 0 Å². The van der Waals surface area contributed by atoms with Gasteiger partial charge in [0.1, 0.15) is 33.5 Å². The molecule has 4 heterocycles. The smallest absolute Gasteiger partial charge is 0.160 e. The number of fused-ring (bicyclic) bond motifs is 15. The minimum atomic E-state index is 0.765. The summed E-state index contributed by atoms with van der Waals surface area (Å²) in [5.41, 5.74) is 16.7. The summed E-state index contributed by atoms with van der Waals surface area (Å²) in [6, 6.07) is 89.7. The van der Waals surface area contributed by atoms with Crippen molar-refractivity contribution in [2.75, 3.05) is 9.80 Å². The van der Waals surface area contributed by atoms with Crippen LogP contribution in [0.5, 0.6) is 0 Å². The average Bonchev–Trinajstić information content (AvgIpc) is 4.27. The van der Waals surface area contributed by atoms with Crippen molar-refractivity contribution in [3.63, 3.8) is 0 Å². The van der Waals surface area contributed by atoms with Gasteiger partial charge in [0.15, 0.2) is 11.2 Å². The van der Waals surface area contributed by atoms with Gasteiger partial charge in [0.25, 0.3) is 0 Å². The van der Waals surface area contributed by atoms with Crippen LogP contribution in [0.15, 0.2) is 272 Å². The van der Waals surface area contributed by atoms with E-state index in [4.69, 9.17) is 17.7 Å². The summed E-state index contributed by atoms with van der Waals surface area (Å²) in [6.07, 6.45) is 0. The topological polar surface area (TPSA) is 59.0 Å². The third-order valence-corrected chi connectivity index (χ3v) is 15.2. The second kappa shape index (κ2) is 16.6. The molecular weight excluding hydrogens is 933 g/mol. The Hall–Kier alpha value is -10.3. The fraction of sp³-hybridized carbons (Fsp3) is 0. The van der Waals surface area contributed by atoms with E-state index in [0.29, 0.717) is 0 Å². The third kappa shape index (κ3) is 6.54. The van der Waals surface area contributed by atoms with Gasteiger partial charge in [-0.1, -0.05) is 158 Å². The first-order valence-corrected chi connectivity index (χ1v) is 25.6. The van der Waals surface area contributed by atoms with Crippen LogP contribution in [0.3, 0.4) is 0 Å². The third-order valence-electron chi connectivity index (χ3n) is 15.2. The molecule has 0 saturated carbocycles. The maximum atomic E-state index is 7.23. The number of hydrogen-bond acceptors (Lipinski definition) is 6. The monoisotopic (exact) mass is 974 g/mol. The normalized spacial score (nSPS) is 11.9. The SMILES string of the molecule is c1ccc(-c2ccc(N(c3ccc4oc5ccccc5c4c3)c3cc4c(cc(N(c5ccc(-c6ccccc6)cc5)c5ccc6oc7ccccc7c6c5)c5oc6ccccc6c54)c4c3oc3ccccc34)cc2)cc1. The first-order chi connectivity index (χ1) is 37.7. The van der Waals surface area contributed by atoms with E-state index in [-0.39, 0.29) is 0 Å². The first kappa shape index (κ1) is 42.2. The fourth-order valence-corrected chi connectivity index (χ4v) is 11.7. The largest absolute Gasteiger partial charge is 0.456 e. The molecule has 76 heavy (non-hydrogen) atoms. The van der Waals surface area contributed by atoms with Crippen molar-refractivity contribution in [1.82, 2.24) is 0 Å². The van der Waals surface area contributed by atoms with Gasteiger partial charge in [-0.25, -0.2) is 0 Å². The molecule has 0 aliphatic heterocycles. The van der Waals surface area contributed by atoms with Gasteiger partial charge in [0.2, 0.25) is 0 Å². The zero-order valence-electron chi connectivity index (χ0n) is 40.8. The van der Waals surface area contributed by atoms with Crippen molar-refractivity contribution < 1.29 is 17.7 Å². The molecule has 0 amide bonds. The highest BCUT2D eigenvalue weighted by Gasteiger charge is 2.28. The van der Waals surface area contributed by atoms with E-state index >= 15 is 0 Å². The Kier molecular flexibility index (Phi) is 9.23. The molecule has 4 aromatic heterocycles. The van der Waals surface area contributed by atoms with E-state index < -0.39 is 0 Å². The van der Waals surface area contributed by atoms with Crippen LogP contribution < -0.4 is 9.80 Å². The molecule has 0 spiro atoms. The Morgan fingerprint density at radius 2 is 0.526 bits per heavy atom. The molecule has 16 rings (SSSR count). The summed E-state index contributed by atoms with van der Waals surface area (Å²) in [5.74, 6) is 0. The zero-order valence-corrected chi connectivity index (χ0v) is 40.8. The molecule has 0 unspecified atom stereocenters. The molecule has 0 aliphatic carbocycles. The molecule has 0 bridgehead atoms. The van der Waals surface area contributed by atoms with Crippen molar-refractivity contribution >= 4 is 133 Å². The Bertz CT molecular complexity index is 4620. The lowest BCUT2D eigenvalue weighted by Gasteiger charge is -2.28. The highest BCUT2D eigenvalue weighted by molar-refractivity contribution is 6.32. The van der Waals surface area contributed by atoms with Crippen molar-refractivity contribution in [2.24, 2.45) is 0 Å². The summed E-state index contributed by atoms with van der Waals surface area (Å²) >= 11 is 0. The van der Waals surface area contributed by atoms with E-state index in [9.17, 15) is 0 Å². The number of furan rings is 4. The van der Waals surface area contributed by atoms with Gasteiger partial charge in [0.05, 0.1) is 11.4 Å². The molecule has 6 nitrogen and oxygen atoms in total. The van der Waals surface area contributed by atoms with Gasteiger partial charge in [0, 0.05) is 65.8 Å². The first-order valence-electron chi connectivity index (χ1n) is 25.6. The second-order valence-corrected chi connectivity index (χ2v) is 19.5. The number of nitrogens with zero attached hydrogens (tertiary/aromatic N) is 2. The summed E-state index contributed by atoms with van der Waals surface area (Å²) in [4.78, 5) is 4.68. The Balaban J connectivity index is 1.01. The van der Waals surface area contributed by atoms with Crippen LogP contribution in [-0.2, 0) is 0 Å². The standard InChI is InChI=1S/C70H42N2O4/c1-3-15-43(16-4-1)45-27-31-47(32-28-45)71(49-35-37-65-55(39-49)51-19-7-11-23-61(51)73-65)59-41-57-58(67-53-21-9-13-25-63(53)75-69(59)67)42-60(70-68(57)54-22-10-14-26-64(54)76-70)72(48-33-29-46(30-34-48)44-17-5-2-6-18-44)50-36-38-66-56(40-50)52-20-8-12-24-62(52)74-66/h1-42H. The summed E-state index contributed by atoms with van der Waals surface area (Å²) in [6.45, 7) is 0. The van der Waals surface area contributed by atoms with Crippen molar-refractivity contribution in [2.45, 2.75) is 0 Å². The Morgan fingerprint density at radius 1 is 0.211 bits per heavy atom. The van der Waals surface area contributed by atoms with Gasteiger partial charge < -0.3 is 27.5 Å². The summed E-state index contributed by atoms with van der Waals surface area (Å²) in [5, 5.41) is 10.3. The number of hydrogen-bond donors (Lipinski definition) is 0. The number of para-hydroxylation sites is 4.